The third-order valence-corrected chi connectivity index (χ3v) is 4.26. The maximum Gasteiger partial charge on any atom is 0.224 e. The highest BCUT2D eigenvalue weighted by Gasteiger charge is 2.44. The topological polar surface area (TPSA) is 87.7 Å². The highest BCUT2D eigenvalue weighted by molar-refractivity contribution is 5.93. The summed E-state index contributed by atoms with van der Waals surface area (Å²) in [7, 11) is 0. The smallest absolute Gasteiger partial charge is 0.224 e. The molecule has 96 valence electrons. The van der Waals surface area contributed by atoms with Gasteiger partial charge in [-0.3, -0.25) is 4.79 Å². The van der Waals surface area contributed by atoms with Crippen LogP contribution < -0.4 is 11.1 Å². The van der Waals surface area contributed by atoms with Crippen LogP contribution in [0.15, 0.2) is 5.16 Å². The molecule has 2 aliphatic rings. The second kappa shape index (κ2) is 4.20. The minimum Gasteiger partial charge on any atom is -0.409 e. The van der Waals surface area contributed by atoms with Crippen LogP contribution in [0.5, 0.6) is 0 Å². The van der Waals surface area contributed by atoms with Gasteiger partial charge in [0.05, 0.1) is 5.54 Å². The second-order valence-electron chi connectivity index (χ2n) is 5.88. The van der Waals surface area contributed by atoms with Crippen molar-refractivity contribution in [1.82, 2.24) is 5.32 Å². The molecule has 0 radical (unpaired) electrons. The monoisotopic (exact) mass is 239 g/mol. The van der Waals surface area contributed by atoms with E-state index in [0.717, 1.165) is 12.3 Å². The van der Waals surface area contributed by atoms with Crippen molar-refractivity contribution < 1.29 is 10.0 Å². The van der Waals surface area contributed by atoms with Gasteiger partial charge in [-0.25, -0.2) is 0 Å². The average Bonchev–Trinajstić information content (AvgIpc) is 2.88. The minimum atomic E-state index is -0.784. The van der Waals surface area contributed by atoms with Gasteiger partial charge >= 0.3 is 0 Å². The lowest BCUT2D eigenvalue weighted by atomic mass is 9.87. The van der Waals surface area contributed by atoms with Crippen LogP contribution in [-0.4, -0.2) is 22.5 Å². The molecule has 0 aromatic carbocycles. The molecule has 3 unspecified atom stereocenters. The Morgan fingerprint density at radius 3 is 2.59 bits per heavy atom. The number of amidine groups is 1. The molecular weight excluding hydrogens is 218 g/mol. The van der Waals surface area contributed by atoms with Crippen LogP contribution in [0.4, 0.5) is 0 Å². The van der Waals surface area contributed by atoms with Gasteiger partial charge in [0.1, 0.15) is 0 Å². The van der Waals surface area contributed by atoms with E-state index >= 15 is 0 Å². The van der Waals surface area contributed by atoms with Crippen molar-refractivity contribution in [3.8, 4) is 0 Å². The standard InChI is InChI=1S/C12H21N3O2/c1-12(2,11(13)15-17)14-10(16)9-6-7-3-4-8(9)5-7/h7-9,17H,3-6H2,1-2H3,(H2,13,15)(H,14,16). The van der Waals surface area contributed by atoms with E-state index in [-0.39, 0.29) is 17.7 Å². The number of nitrogens with one attached hydrogen (secondary N) is 1. The fraction of sp³-hybridized carbons (Fsp3) is 0.833. The van der Waals surface area contributed by atoms with E-state index in [9.17, 15) is 4.79 Å². The number of nitrogens with zero attached hydrogens (tertiary/aromatic N) is 1. The zero-order chi connectivity index (χ0) is 12.6. The Morgan fingerprint density at radius 2 is 2.12 bits per heavy atom. The van der Waals surface area contributed by atoms with Gasteiger partial charge in [-0.05, 0) is 44.9 Å². The predicted molar refractivity (Wildman–Crippen MR) is 64.6 cm³/mol. The maximum atomic E-state index is 12.2. The Kier molecular flexibility index (Phi) is 3.02. The minimum absolute atomic E-state index is 0.0361. The van der Waals surface area contributed by atoms with Crippen LogP contribution in [0.25, 0.3) is 0 Å². The van der Waals surface area contributed by atoms with Crippen molar-refractivity contribution in [3.05, 3.63) is 0 Å². The van der Waals surface area contributed by atoms with Crippen LogP contribution >= 0.6 is 0 Å². The number of amides is 1. The average molecular weight is 239 g/mol. The fourth-order valence-electron chi connectivity index (χ4n) is 3.16. The SMILES string of the molecule is CC(C)(NC(=O)C1CC2CCC1C2)/C(N)=N/O. The number of hydrogen-bond acceptors (Lipinski definition) is 3. The highest BCUT2D eigenvalue weighted by atomic mass is 16.4. The molecule has 3 atom stereocenters. The van der Waals surface area contributed by atoms with Gasteiger partial charge in [-0.1, -0.05) is 11.6 Å². The molecule has 17 heavy (non-hydrogen) atoms. The molecule has 0 aromatic rings. The van der Waals surface area contributed by atoms with Gasteiger partial charge in [0.25, 0.3) is 0 Å². The Bertz CT molecular complexity index is 352. The summed E-state index contributed by atoms with van der Waals surface area (Å²) in [5, 5.41) is 14.5. The van der Waals surface area contributed by atoms with Crippen LogP contribution in [0.1, 0.15) is 39.5 Å². The molecule has 0 aliphatic heterocycles. The quantitative estimate of drug-likeness (QED) is 0.298. The van der Waals surface area contributed by atoms with Crippen molar-refractivity contribution in [2.24, 2.45) is 28.6 Å². The first-order valence-corrected chi connectivity index (χ1v) is 6.24. The first-order chi connectivity index (χ1) is 7.94. The van der Waals surface area contributed by atoms with E-state index < -0.39 is 5.54 Å². The number of rotatable bonds is 3. The van der Waals surface area contributed by atoms with E-state index in [1.807, 2.05) is 0 Å². The third kappa shape index (κ3) is 2.23. The molecule has 0 heterocycles. The lowest BCUT2D eigenvalue weighted by Crippen LogP contribution is -2.55. The zero-order valence-corrected chi connectivity index (χ0v) is 10.4. The van der Waals surface area contributed by atoms with E-state index in [4.69, 9.17) is 10.9 Å². The Labute approximate surface area is 101 Å². The zero-order valence-electron chi connectivity index (χ0n) is 10.4. The summed E-state index contributed by atoms with van der Waals surface area (Å²) in [6.45, 7) is 3.49. The number of nitrogens with two attached hydrogens (primary N) is 1. The molecule has 2 fully saturated rings. The molecule has 2 rings (SSSR count). The van der Waals surface area contributed by atoms with Gasteiger partial charge in [0.2, 0.25) is 5.91 Å². The molecule has 5 heteroatoms. The molecule has 1 amide bonds. The Balaban J connectivity index is 1.98. The molecule has 4 N–H and O–H groups in total. The van der Waals surface area contributed by atoms with Gasteiger partial charge in [0, 0.05) is 5.92 Å². The van der Waals surface area contributed by atoms with Crippen LogP contribution in [0, 0.1) is 17.8 Å². The largest absolute Gasteiger partial charge is 0.409 e. The number of hydrogen-bond donors (Lipinski definition) is 3. The van der Waals surface area contributed by atoms with Crippen molar-refractivity contribution in [3.63, 3.8) is 0 Å². The first kappa shape index (κ1) is 12.2. The predicted octanol–water partition coefficient (Wildman–Crippen LogP) is 1.06. The number of carbonyl (C=O) groups excluding carboxylic acids is 1. The summed E-state index contributed by atoms with van der Waals surface area (Å²) >= 11 is 0. The van der Waals surface area contributed by atoms with Crippen molar-refractivity contribution in [2.75, 3.05) is 0 Å². The van der Waals surface area contributed by atoms with E-state index in [1.165, 1.54) is 19.3 Å². The first-order valence-electron chi connectivity index (χ1n) is 6.24. The van der Waals surface area contributed by atoms with Gasteiger partial charge < -0.3 is 16.3 Å². The summed E-state index contributed by atoms with van der Waals surface area (Å²) in [5.41, 5.74) is 4.77. The lowest BCUT2D eigenvalue weighted by molar-refractivity contribution is -0.127. The van der Waals surface area contributed by atoms with Crippen LogP contribution in [0.2, 0.25) is 0 Å². The maximum absolute atomic E-state index is 12.2. The molecule has 2 aliphatic carbocycles. The Hall–Kier alpha value is -1.26. The second-order valence-corrected chi connectivity index (χ2v) is 5.88. The molecule has 0 aromatic heterocycles. The lowest BCUT2D eigenvalue weighted by Gasteiger charge is -2.29. The fourth-order valence-corrected chi connectivity index (χ4v) is 3.16. The van der Waals surface area contributed by atoms with Gasteiger partial charge in [-0.2, -0.15) is 0 Å². The molecular formula is C12H21N3O2. The normalized spacial score (nSPS) is 32.8. The third-order valence-electron chi connectivity index (χ3n) is 4.26. The summed E-state index contributed by atoms with van der Waals surface area (Å²) < 4.78 is 0. The Morgan fingerprint density at radius 1 is 1.41 bits per heavy atom. The summed E-state index contributed by atoms with van der Waals surface area (Å²) in [4.78, 5) is 12.2. The van der Waals surface area contributed by atoms with Crippen LogP contribution in [-0.2, 0) is 4.79 Å². The number of carbonyl (C=O) groups is 1. The van der Waals surface area contributed by atoms with Crippen molar-refractivity contribution in [2.45, 2.75) is 45.1 Å². The highest BCUT2D eigenvalue weighted by Crippen LogP contribution is 2.48. The number of oxime groups is 1. The summed E-state index contributed by atoms with van der Waals surface area (Å²) in [6, 6.07) is 0. The van der Waals surface area contributed by atoms with E-state index in [0.29, 0.717) is 5.92 Å². The van der Waals surface area contributed by atoms with Crippen LogP contribution in [0.3, 0.4) is 0 Å². The van der Waals surface area contributed by atoms with E-state index in [1.54, 1.807) is 13.8 Å². The molecule has 2 bridgehead atoms. The summed E-state index contributed by atoms with van der Waals surface area (Å²) in [5.74, 6) is 1.49. The van der Waals surface area contributed by atoms with E-state index in [2.05, 4.69) is 10.5 Å². The molecule has 0 spiro atoms. The summed E-state index contributed by atoms with van der Waals surface area (Å²) in [6.07, 6.45) is 4.65. The van der Waals surface area contributed by atoms with Gasteiger partial charge in [0.15, 0.2) is 5.84 Å². The van der Waals surface area contributed by atoms with Crippen molar-refractivity contribution in [1.29, 1.82) is 0 Å². The molecule has 5 nitrogen and oxygen atoms in total. The molecule has 0 saturated heterocycles. The van der Waals surface area contributed by atoms with Gasteiger partial charge in [-0.15, -0.1) is 0 Å². The molecule has 2 saturated carbocycles. The number of fused-ring (bicyclic) bond motifs is 2. The van der Waals surface area contributed by atoms with Crippen molar-refractivity contribution >= 4 is 11.7 Å².